The van der Waals surface area contributed by atoms with Crippen molar-refractivity contribution in [3.63, 3.8) is 0 Å². The van der Waals surface area contributed by atoms with Crippen molar-refractivity contribution < 1.29 is 4.74 Å². The van der Waals surface area contributed by atoms with Crippen LogP contribution in [0.4, 0.5) is 0 Å². The van der Waals surface area contributed by atoms with Crippen molar-refractivity contribution in [2.75, 3.05) is 20.7 Å². The summed E-state index contributed by atoms with van der Waals surface area (Å²) in [6, 6.07) is 6.31. The van der Waals surface area contributed by atoms with Gasteiger partial charge in [0.15, 0.2) is 5.96 Å². The zero-order chi connectivity index (χ0) is 16.2. The van der Waals surface area contributed by atoms with Gasteiger partial charge >= 0.3 is 0 Å². The molecule has 5 heteroatoms. The third-order valence-corrected chi connectivity index (χ3v) is 5.07. The molecule has 0 bridgehead atoms. The van der Waals surface area contributed by atoms with Crippen molar-refractivity contribution >= 4 is 29.9 Å². The highest BCUT2D eigenvalue weighted by molar-refractivity contribution is 14.0. The summed E-state index contributed by atoms with van der Waals surface area (Å²) in [6.07, 6.45) is 5.70. The lowest BCUT2D eigenvalue weighted by atomic mass is 9.98. The van der Waals surface area contributed by atoms with Crippen LogP contribution in [0.15, 0.2) is 23.2 Å². The van der Waals surface area contributed by atoms with Crippen molar-refractivity contribution in [2.24, 2.45) is 22.7 Å². The third-order valence-electron chi connectivity index (χ3n) is 5.07. The van der Waals surface area contributed by atoms with E-state index in [1.165, 1.54) is 31.2 Å². The molecule has 2 saturated carbocycles. The molecule has 2 fully saturated rings. The van der Waals surface area contributed by atoms with Crippen LogP contribution >= 0.6 is 24.0 Å². The summed E-state index contributed by atoms with van der Waals surface area (Å²) in [6.45, 7) is 3.86. The number of nitrogens with zero attached hydrogens (tertiary/aromatic N) is 1. The normalized spacial score (nSPS) is 17.4. The van der Waals surface area contributed by atoms with Crippen LogP contribution in [0.25, 0.3) is 0 Å². The number of rotatable bonds is 7. The van der Waals surface area contributed by atoms with E-state index in [0.717, 1.165) is 48.1 Å². The molecule has 2 aliphatic carbocycles. The van der Waals surface area contributed by atoms with Crippen molar-refractivity contribution in [1.29, 1.82) is 0 Å². The number of halogens is 1. The van der Waals surface area contributed by atoms with E-state index in [-0.39, 0.29) is 24.0 Å². The standard InChI is InChI=1S/C19H29N3O.HI/c1-13-4-5-16(18(10-13)23-3)11-21-19(20-2)22-12-17(14-6-7-14)15-8-9-15;/h4-5,10,14-15,17H,6-9,11-12H2,1-3H3,(H2,20,21,22);1H. The second-order valence-corrected chi connectivity index (χ2v) is 6.96. The number of hydrogen-bond acceptors (Lipinski definition) is 2. The Balaban J connectivity index is 0.00000208. The Bertz CT molecular complexity index is 556. The highest BCUT2D eigenvalue weighted by Gasteiger charge is 2.41. The molecule has 3 rings (SSSR count). The summed E-state index contributed by atoms with van der Waals surface area (Å²) < 4.78 is 5.47. The molecule has 0 unspecified atom stereocenters. The van der Waals surface area contributed by atoms with E-state index < -0.39 is 0 Å². The zero-order valence-electron chi connectivity index (χ0n) is 15.0. The van der Waals surface area contributed by atoms with Crippen molar-refractivity contribution in [3.8, 4) is 5.75 Å². The first-order chi connectivity index (χ1) is 11.2. The summed E-state index contributed by atoms with van der Waals surface area (Å²) in [5.74, 6) is 4.60. The van der Waals surface area contributed by atoms with Gasteiger partial charge in [0.1, 0.15) is 5.75 Å². The number of aliphatic imine (C=N–C) groups is 1. The Morgan fingerprint density at radius 2 is 1.88 bits per heavy atom. The Hall–Kier alpha value is -0.980. The van der Waals surface area contributed by atoms with Crippen molar-refractivity contribution in [1.82, 2.24) is 10.6 Å². The number of aryl methyl sites for hydroxylation is 1. The molecule has 0 saturated heterocycles. The number of hydrogen-bond donors (Lipinski definition) is 2. The van der Waals surface area contributed by atoms with E-state index in [4.69, 9.17) is 4.74 Å². The number of nitrogens with one attached hydrogen (secondary N) is 2. The molecule has 2 N–H and O–H groups in total. The molecule has 0 heterocycles. The summed E-state index contributed by atoms with van der Waals surface area (Å²) in [5, 5.41) is 6.94. The van der Waals surface area contributed by atoms with Gasteiger partial charge in [0.2, 0.25) is 0 Å². The quantitative estimate of drug-likeness (QED) is 0.384. The van der Waals surface area contributed by atoms with Crippen LogP contribution in [-0.4, -0.2) is 26.7 Å². The molecule has 4 nitrogen and oxygen atoms in total. The largest absolute Gasteiger partial charge is 0.496 e. The first-order valence-corrected chi connectivity index (χ1v) is 8.79. The molecule has 2 aliphatic rings. The first kappa shape index (κ1) is 19.3. The fourth-order valence-corrected chi connectivity index (χ4v) is 3.38. The molecular weight excluding hydrogens is 413 g/mol. The van der Waals surface area contributed by atoms with Gasteiger partial charge in [0.25, 0.3) is 0 Å². The molecule has 0 spiro atoms. The maximum atomic E-state index is 5.47. The highest BCUT2D eigenvalue weighted by Crippen LogP contribution is 2.48. The second-order valence-electron chi connectivity index (χ2n) is 6.96. The van der Waals surface area contributed by atoms with Gasteiger partial charge in [-0.2, -0.15) is 0 Å². The smallest absolute Gasteiger partial charge is 0.191 e. The van der Waals surface area contributed by atoms with Gasteiger partial charge in [0.05, 0.1) is 7.11 Å². The Kier molecular flexibility index (Phi) is 7.19. The third kappa shape index (κ3) is 5.26. The van der Waals surface area contributed by atoms with Crippen LogP contribution in [0, 0.1) is 24.7 Å². The number of benzene rings is 1. The Morgan fingerprint density at radius 1 is 1.21 bits per heavy atom. The lowest BCUT2D eigenvalue weighted by Crippen LogP contribution is -2.40. The molecule has 0 radical (unpaired) electrons. The number of methoxy groups -OCH3 is 1. The van der Waals surface area contributed by atoms with Crippen LogP contribution < -0.4 is 15.4 Å². The van der Waals surface area contributed by atoms with Crippen molar-refractivity contribution in [2.45, 2.75) is 39.2 Å². The average Bonchev–Trinajstić information content (AvgIpc) is 3.45. The molecule has 134 valence electrons. The fourth-order valence-electron chi connectivity index (χ4n) is 3.38. The maximum absolute atomic E-state index is 5.47. The minimum atomic E-state index is 0. The second kappa shape index (κ2) is 8.92. The summed E-state index contributed by atoms with van der Waals surface area (Å²) in [4.78, 5) is 4.36. The van der Waals surface area contributed by atoms with Gasteiger partial charge in [0, 0.05) is 25.7 Å². The van der Waals surface area contributed by atoms with Crippen LogP contribution in [0.5, 0.6) is 5.75 Å². The average molecular weight is 443 g/mol. The minimum Gasteiger partial charge on any atom is -0.496 e. The SMILES string of the molecule is CN=C(NCc1ccc(C)cc1OC)NCC(C1CC1)C1CC1.I. The van der Waals surface area contributed by atoms with Crippen LogP contribution in [0.1, 0.15) is 36.8 Å². The molecule has 0 atom stereocenters. The zero-order valence-corrected chi connectivity index (χ0v) is 17.3. The van der Waals surface area contributed by atoms with Gasteiger partial charge in [-0.1, -0.05) is 12.1 Å². The van der Waals surface area contributed by atoms with E-state index in [1.54, 1.807) is 7.11 Å². The monoisotopic (exact) mass is 443 g/mol. The van der Waals surface area contributed by atoms with Crippen LogP contribution in [-0.2, 0) is 6.54 Å². The van der Waals surface area contributed by atoms with E-state index in [2.05, 4.69) is 40.7 Å². The summed E-state index contributed by atoms with van der Waals surface area (Å²) >= 11 is 0. The predicted octanol–water partition coefficient (Wildman–Crippen LogP) is 3.72. The van der Waals surface area contributed by atoms with Gasteiger partial charge in [-0.25, -0.2) is 0 Å². The molecule has 1 aromatic carbocycles. The van der Waals surface area contributed by atoms with E-state index in [0.29, 0.717) is 0 Å². The van der Waals surface area contributed by atoms with E-state index in [1.807, 2.05) is 7.05 Å². The van der Waals surface area contributed by atoms with Crippen molar-refractivity contribution in [3.05, 3.63) is 29.3 Å². The Morgan fingerprint density at radius 3 is 2.42 bits per heavy atom. The molecule has 1 aromatic rings. The van der Waals surface area contributed by atoms with E-state index in [9.17, 15) is 0 Å². The predicted molar refractivity (Wildman–Crippen MR) is 110 cm³/mol. The maximum Gasteiger partial charge on any atom is 0.191 e. The molecule has 0 aliphatic heterocycles. The molecular formula is C19H30IN3O. The minimum absolute atomic E-state index is 0. The highest BCUT2D eigenvalue weighted by atomic mass is 127. The molecule has 24 heavy (non-hydrogen) atoms. The molecule has 0 aromatic heterocycles. The van der Waals surface area contributed by atoms with Gasteiger partial charge in [-0.15, -0.1) is 24.0 Å². The first-order valence-electron chi connectivity index (χ1n) is 8.79. The number of guanidine groups is 1. The van der Waals surface area contributed by atoms with Gasteiger partial charge in [-0.05, 0) is 62.0 Å². The van der Waals surface area contributed by atoms with Gasteiger partial charge < -0.3 is 15.4 Å². The topological polar surface area (TPSA) is 45.7 Å². The summed E-state index contributed by atoms with van der Waals surface area (Å²) in [5.41, 5.74) is 2.37. The van der Waals surface area contributed by atoms with Gasteiger partial charge in [-0.3, -0.25) is 4.99 Å². The summed E-state index contributed by atoms with van der Waals surface area (Å²) in [7, 11) is 3.56. The van der Waals surface area contributed by atoms with E-state index >= 15 is 0 Å². The lowest BCUT2D eigenvalue weighted by molar-refractivity contribution is 0.399. The van der Waals surface area contributed by atoms with Crippen LogP contribution in [0.2, 0.25) is 0 Å². The van der Waals surface area contributed by atoms with Crippen LogP contribution in [0.3, 0.4) is 0 Å². The Labute approximate surface area is 162 Å². The lowest BCUT2D eigenvalue weighted by Gasteiger charge is -2.19. The molecule has 0 amide bonds. The number of ether oxygens (including phenoxy) is 1. The fraction of sp³-hybridized carbons (Fsp3) is 0.632.